The van der Waals surface area contributed by atoms with Crippen LogP contribution < -0.4 is 10.6 Å². The normalized spacial score (nSPS) is 17.8. The minimum atomic E-state index is -0.935. The van der Waals surface area contributed by atoms with Gasteiger partial charge in [0, 0.05) is 12.1 Å². The van der Waals surface area contributed by atoms with Crippen molar-refractivity contribution in [1.82, 2.24) is 10.6 Å². The van der Waals surface area contributed by atoms with Crippen molar-refractivity contribution >= 4 is 23.8 Å². The Morgan fingerprint density at radius 2 is 1.21 bits per heavy atom. The maximum atomic E-state index is 12.3. The maximum absolute atomic E-state index is 12.3. The first-order valence-electron chi connectivity index (χ1n) is 9.46. The second-order valence-corrected chi connectivity index (χ2v) is 7.24. The quantitative estimate of drug-likeness (QED) is 0.650. The van der Waals surface area contributed by atoms with Crippen LogP contribution in [-0.4, -0.2) is 48.0 Å². The maximum Gasteiger partial charge on any atom is 0.338 e. The molecule has 0 unspecified atom stereocenters. The highest BCUT2D eigenvalue weighted by Crippen LogP contribution is 2.20. The molecule has 2 saturated carbocycles. The van der Waals surface area contributed by atoms with Crippen molar-refractivity contribution in [3.63, 3.8) is 0 Å². The Kier molecular flexibility index (Phi) is 5.96. The van der Waals surface area contributed by atoms with Crippen molar-refractivity contribution in [2.45, 2.75) is 63.8 Å². The Morgan fingerprint density at radius 3 is 1.57 bits per heavy atom. The van der Waals surface area contributed by atoms with Gasteiger partial charge in [-0.2, -0.15) is 0 Å². The van der Waals surface area contributed by atoms with E-state index in [1.807, 2.05) is 0 Å². The number of nitrogens with one attached hydrogen (secondary N) is 2. The molecule has 0 spiro atoms. The number of rotatable bonds is 8. The molecule has 0 bridgehead atoms. The molecule has 8 heteroatoms. The molecule has 1 aromatic carbocycles. The van der Waals surface area contributed by atoms with Crippen LogP contribution in [0.5, 0.6) is 0 Å². The van der Waals surface area contributed by atoms with Crippen LogP contribution in [0, 0.1) is 0 Å². The van der Waals surface area contributed by atoms with E-state index in [0.29, 0.717) is 0 Å². The lowest BCUT2D eigenvalue weighted by Gasteiger charge is -2.14. The third-order valence-electron chi connectivity index (χ3n) is 4.49. The molecule has 2 aliphatic carbocycles. The van der Waals surface area contributed by atoms with Crippen LogP contribution >= 0.6 is 0 Å². The smallest absolute Gasteiger partial charge is 0.338 e. The number of amides is 2. The van der Waals surface area contributed by atoms with Gasteiger partial charge < -0.3 is 20.1 Å². The second kappa shape index (κ2) is 8.41. The summed E-state index contributed by atoms with van der Waals surface area (Å²) in [7, 11) is 0. The van der Waals surface area contributed by atoms with Gasteiger partial charge >= 0.3 is 11.9 Å². The van der Waals surface area contributed by atoms with Crippen LogP contribution in [0.4, 0.5) is 0 Å². The van der Waals surface area contributed by atoms with Gasteiger partial charge in [0.05, 0.1) is 11.1 Å². The largest absolute Gasteiger partial charge is 0.449 e. The molecule has 0 radical (unpaired) electrons. The molecule has 0 aliphatic heterocycles. The monoisotopic (exact) mass is 388 g/mol. The zero-order valence-corrected chi connectivity index (χ0v) is 15.9. The zero-order chi connectivity index (χ0) is 20.3. The van der Waals surface area contributed by atoms with E-state index in [0.717, 1.165) is 25.7 Å². The van der Waals surface area contributed by atoms with Gasteiger partial charge in [0.2, 0.25) is 0 Å². The molecule has 1 aromatic rings. The fraction of sp³-hybridized carbons (Fsp3) is 0.500. The Hall–Kier alpha value is -2.90. The molecule has 28 heavy (non-hydrogen) atoms. The van der Waals surface area contributed by atoms with E-state index in [2.05, 4.69) is 10.6 Å². The summed E-state index contributed by atoms with van der Waals surface area (Å²) in [5.74, 6) is -2.12. The lowest BCUT2D eigenvalue weighted by atomic mass is 10.1. The minimum absolute atomic E-state index is 0.121. The molecule has 0 aromatic heterocycles. The average molecular weight is 388 g/mol. The first kappa shape index (κ1) is 19.9. The number of esters is 2. The first-order chi connectivity index (χ1) is 13.3. The molecule has 3 rings (SSSR count). The molecule has 0 heterocycles. The van der Waals surface area contributed by atoms with E-state index >= 15 is 0 Å². The minimum Gasteiger partial charge on any atom is -0.449 e. The third kappa shape index (κ3) is 5.55. The van der Waals surface area contributed by atoms with Crippen molar-refractivity contribution in [1.29, 1.82) is 0 Å². The summed E-state index contributed by atoms with van der Waals surface area (Å²) < 4.78 is 10.3. The average Bonchev–Trinajstić information content (AvgIpc) is 3.58. The first-order valence-corrected chi connectivity index (χ1v) is 9.46. The molecule has 2 amide bonds. The van der Waals surface area contributed by atoms with Crippen molar-refractivity contribution in [2.75, 3.05) is 0 Å². The van der Waals surface area contributed by atoms with E-state index in [9.17, 15) is 19.2 Å². The van der Waals surface area contributed by atoms with Crippen molar-refractivity contribution in [2.24, 2.45) is 0 Å². The summed E-state index contributed by atoms with van der Waals surface area (Å²) in [6, 6.07) is 6.14. The summed E-state index contributed by atoms with van der Waals surface area (Å²) in [5.41, 5.74) is 0.242. The summed E-state index contributed by atoms with van der Waals surface area (Å²) in [4.78, 5) is 48.4. The van der Waals surface area contributed by atoms with Crippen LogP contribution in [0.1, 0.15) is 60.2 Å². The second-order valence-electron chi connectivity index (χ2n) is 7.24. The SMILES string of the molecule is C[C@@H](OC(=O)c1cccc(C(=O)O[C@H](C)C(=O)NC2CC2)c1)C(=O)NC1CC1. The van der Waals surface area contributed by atoms with Crippen molar-refractivity contribution in [3.05, 3.63) is 35.4 Å². The van der Waals surface area contributed by atoms with Crippen LogP contribution in [0.15, 0.2) is 24.3 Å². The fourth-order valence-electron chi connectivity index (χ4n) is 2.43. The summed E-state index contributed by atoms with van der Waals surface area (Å²) >= 11 is 0. The molecule has 150 valence electrons. The van der Waals surface area contributed by atoms with Gasteiger partial charge in [-0.15, -0.1) is 0 Å². The van der Waals surface area contributed by atoms with E-state index in [-0.39, 0.29) is 35.0 Å². The summed E-state index contributed by atoms with van der Waals surface area (Å²) in [5, 5.41) is 5.52. The van der Waals surface area contributed by atoms with Gasteiger partial charge in [-0.05, 0) is 57.7 Å². The number of hydrogen-bond acceptors (Lipinski definition) is 6. The lowest BCUT2D eigenvalue weighted by Crippen LogP contribution is -2.37. The van der Waals surface area contributed by atoms with E-state index < -0.39 is 24.1 Å². The van der Waals surface area contributed by atoms with Gasteiger partial charge in [0.25, 0.3) is 11.8 Å². The standard InChI is InChI=1S/C20H24N2O6/c1-11(17(23)21-15-6-7-15)27-19(25)13-4-3-5-14(10-13)20(26)28-12(2)18(24)22-16-8-9-16/h3-5,10-12,15-16H,6-9H2,1-2H3,(H,21,23)(H,22,24)/t11-,12-/m1/s1. The van der Waals surface area contributed by atoms with Gasteiger partial charge in [0.1, 0.15) is 0 Å². The highest BCUT2D eigenvalue weighted by molar-refractivity contribution is 5.97. The van der Waals surface area contributed by atoms with Crippen molar-refractivity contribution < 1.29 is 28.7 Å². The molecule has 2 atom stereocenters. The molecular weight excluding hydrogens is 364 g/mol. The van der Waals surface area contributed by atoms with Gasteiger partial charge in [-0.3, -0.25) is 9.59 Å². The van der Waals surface area contributed by atoms with E-state index in [1.54, 1.807) is 0 Å². The predicted molar refractivity (Wildman–Crippen MR) is 98.5 cm³/mol. The van der Waals surface area contributed by atoms with Crippen LogP contribution in [-0.2, 0) is 19.1 Å². The molecule has 2 aliphatic rings. The number of carbonyl (C=O) groups is 4. The summed E-state index contributed by atoms with van der Waals surface area (Å²) in [6.45, 7) is 2.99. The van der Waals surface area contributed by atoms with E-state index in [4.69, 9.17) is 9.47 Å². The summed E-state index contributed by atoms with van der Waals surface area (Å²) in [6.07, 6.45) is 1.88. The number of benzene rings is 1. The topological polar surface area (TPSA) is 111 Å². The Morgan fingerprint density at radius 1 is 0.821 bits per heavy atom. The lowest BCUT2D eigenvalue weighted by molar-refractivity contribution is -0.129. The Labute approximate surface area is 163 Å². The molecule has 2 N–H and O–H groups in total. The molecule has 2 fully saturated rings. The van der Waals surface area contributed by atoms with Crippen LogP contribution in [0.3, 0.4) is 0 Å². The molecule has 8 nitrogen and oxygen atoms in total. The zero-order valence-electron chi connectivity index (χ0n) is 15.9. The van der Waals surface area contributed by atoms with Gasteiger partial charge in [-0.1, -0.05) is 6.07 Å². The van der Waals surface area contributed by atoms with Gasteiger partial charge in [-0.25, -0.2) is 9.59 Å². The van der Waals surface area contributed by atoms with Gasteiger partial charge in [0.15, 0.2) is 12.2 Å². The highest BCUT2D eigenvalue weighted by Gasteiger charge is 2.29. The highest BCUT2D eigenvalue weighted by atomic mass is 16.6. The number of hydrogen-bond donors (Lipinski definition) is 2. The third-order valence-corrected chi connectivity index (χ3v) is 4.49. The van der Waals surface area contributed by atoms with Crippen molar-refractivity contribution in [3.8, 4) is 0 Å². The molecule has 0 saturated heterocycles. The Bertz CT molecular complexity index is 723. The number of carbonyl (C=O) groups excluding carboxylic acids is 4. The van der Waals surface area contributed by atoms with Crippen LogP contribution in [0.2, 0.25) is 0 Å². The van der Waals surface area contributed by atoms with Crippen LogP contribution in [0.25, 0.3) is 0 Å². The predicted octanol–water partition coefficient (Wildman–Crippen LogP) is 1.33. The Balaban J connectivity index is 1.55. The number of ether oxygens (including phenoxy) is 2. The van der Waals surface area contributed by atoms with E-state index in [1.165, 1.54) is 38.1 Å². The fourth-order valence-corrected chi connectivity index (χ4v) is 2.43. The molecular formula is C20H24N2O6.